The van der Waals surface area contributed by atoms with Gasteiger partial charge in [-0.2, -0.15) is 4.99 Å². The normalized spacial score (nSPS) is 15.6. The molecule has 0 spiro atoms. The van der Waals surface area contributed by atoms with Crippen LogP contribution in [0.3, 0.4) is 0 Å². The molecule has 1 aromatic carbocycles. The highest BCUT2D eigenvalue weighted by Crippen LogP contribution is 2.23. The van der Waals surface area contributed by atoms with E-state index in [1.165, 1.54) is 23.7 Å². The minimum Gasteiger partial charge on any atom is -0.497 e. The maximum atomic E-state index is 12.5. The van der Waals surface area contributed by atoms with E-state index in [0.717, 1.165) is 24.2 Å². The summed E-state index contributed by atoms with van der Waals surface area (Å²) >= 11 is 1.11. The van der Waals surface area contributed by atoms with Crippen molar-refractivity contribution in [1.82, 2.24) is 9.47 Å². The predicted octanol–water partition coefficient (Wildman–Crippen LogP) is 0.985. The molecule has 0 saturated carbocycles. The third-order valence-corrected chi connectivity index (χ3v) is 7.86. The summed E-state index contributed by atoms with van der Waals surface area (Å²) in [5.41, 5.74) is 0.620. The van der Waals surface area contributed by atoms with E-state index in [4.69, 9.17) is 9.47 Å². The summed E-state index contributed by atoms with van der Waals surface area (Å²) < 4.78 is 37.1. The topological polar surface area (TPSA) is 124 Å². The van der Waals surface area contributed by atoms with E-state index in [0.29, 0.717) is 35.0 Å². The molecule has 0 aliphatic carbocycles. The number of benzene rings is 1. The second-order valence-electron chi connectivity index (χ2n) is 7.98. The number of nitrogens with zero attached hydrogens (tertiary/aromatic N) is 3. The van der Waals surface area contributed by atoms with Crippen LogP contribution in [-0.4, -0.2) is 74.5 Å². The summed E-state index contributed by atoms with van der Waals surface area (Å²) in [7, 11) is -1.23. The van der Waals surface area contributed by atoms with Gasteiger partial charge in [0.15, 0.2) is 14.6 Å². The lowest BCUT2D eigenvalue weighted by atomic mass is 9.99. The van der Waals surface area contributed by atoms with E-state index in [9.17, 15) is 22.8 Å². The standard InChI is InChI=1S/C21H27N3O7S2/c1-14-6-8-23(9-7-14)19(26)13-33(28,29)12-18(25)22-21-24(11-20(27)31-3)16-5-4-15(30-2)10-17(16)32-21/h4-5,10,14H,6-9,11-13H2,1-3H3. The van der Waals surface area contributed by atoms with Crippen LogP contribution in [-0.2, 0) is 35.5 Å². The molecule has 180 valence electrons. The van der Waals surface area contributed by atoms with Crippen LogP contribution in [0, 0.1) is 5.92 Å². The molecule has 1 aliphatic heterocycles. The van der Waals surface area contributed by atoms with E-state index < -0.39 is 39.1 Å². The van der Waals surface area contributed by atoms with Gasteiger partial charge in [-0.15, -0.1) is 0 Å². The molecule has 1 aliphatic rings. The fourth-order valence-corrected chi connectivity index (χ4v) is 5.70. The lowest BCUT2D eigenvalue weighted by Crippen LogP contribution is -2.41. The molecule has 33 heavy (non-hydrogen) atoms. The average Bonchev–Trinajstić information content (AvgIpc) is 3.08. The van der Waals surface area contributed by atoms with Crippen molar-refractivity contribution in [2.45, 2.75) is 26.3 Å². The van der Waals surface area contributed by atoms with Crippen molar-refractivity contribution in [2.75, 3.05) is 38.8 Å². The fraction of sp³-hybridized carbons (Fsp3) is 0.524. The largest absolute Gasteiger partial charge is 0.497 e. The zero-order chi connectivity index (χ0) is 24.2. The van der Waals surface area contributed by atoms with Gasteiger partial charge in [0.05, 0.1) is 24.4 Å². The van der Waals surface area contributed by atoms with Gasteiger partial charge >= 0.3 is 5.97 Å². The van der Waals surface area contributed by atoms with E-state index >= 15 is 0 Å². The Morgan fingerprint density at radius 2 is 1.85 bits per heavy atom. The third-order valence-electron chi connectivity index (χ3n) is 5.45. The van der Waals surface area contributed by atoms with Crippen LogP contribution in [0.15, 0.2) is 23.2 Å². The fourth-order valence-electron chi connectivity index (χ4n) is 3.53. The number of esters is 1. The summed E-state index contributed by atoms with van der Waals surface area (Å²) in [6.45, 7) is 2.93. The molecule has 0 unspecified atom stereocenters. The maximum absolute atomic E-state index is 12.5. The number of fused-ring (bicyclic) bond motifs is 1. The summed E-state index contributed by atoms with van der Waals surface area (Å²) in [4.78, 5) is 42.4. The van der Waals surface area contributed by atoms with Gasteiger partial charge in [0.1, 0.15) is 23.8 Å². The number of methoxy groups -OCH3 is 2. The van der Waals surface area contributed by atoms with Crippen molar-refractivity contribution in [3.05, 3.63) is 23.0 Å². The smallest absolute Gasteiger partial charge is 0.325 e. The van der Waals surface area contributed by atoms with Gasteiger partial charge in [0.2, 0.25) is 5.91 Å². The molecule has 1 fully saturated rings. The molecule has 2 heterocycles. The van der Waals surface area contributed by atoms with Crippen LogP contribution in [0.2, 0.25) is 0 Å². The van der Waals surface area contributed by atoms with Crippen LogP contribution in [0.4, 0.5) is 0 Å². The monoisotopic (exact) mass is 497 g/mol. The van der Waals surface area contributed by atoms with Gasteiger partial charge in [0, 0.05) is 13.1 Å². The van der Waals surface area contributed by atoms with Crippen LogP contribution in [0.5, 0.6) is 5.75 Å². The molecule has 12 heteroatoms. The lowest BCUT2D eigenvalue weighted by molar-refractivity contribution is -0.141. The van der Waals surface area contributed by atoms with Gasteiger partial charge in [-0.3, -0.25) is 14.4 Å². The van der Waals surface area contributed by atoms with Gasteiger partial charge in [-0.05, 0) is 37.0 Å². The number of rotatable bonds is 7. The second-order valence-corrected chi connectivity index (χ2v) is 11.1. The maximum Gasteiger partial charge on any atom is 0.325 e. The Morgan fingerprint density at radius 1 is 1.15 bits per heavy atom. The van der Waals surface area contributed by atoms with Crippen molar-refractivity contribution >= 4 is 49.2 Å². The SMILES string of the molecule is COC(=O)Cn1c(=NC(=O)CS(=O)(=O)CC(=O)N2CCC(C)CC2)sc2cc(OC)ccc21. The number of amides is 2. The molecule has 3 rings (SSSR count). The van der Waals surface area contributed by atoms with Crippen molar-refractivity contribution in [3.63, 3.8) is 0 Å². The molecule has 0 radical (unpaired) electrons. The van der Waals surface area contributed by atoms with E-state index in [2.05, 4.69) is 11.9 Å². The van der Waals surface area contributed by atoms with Crippen LogP contribution >= 0.6 is 11.3 Å². The molecule has 2 aromatic rings. The van der Waals surface area contributed by atoms with Crippen LogP contribution < -0.4 is 9.54 Å². The number of aromatic nitrogens is 1. The lowest BCUT2D eigenvalue weighted by Gasteiger charge is -2.30. The molecule has 1 saturated heterocycles. The first-order valence-electron chi connectivity index (χ1n) is 10.4. The molecule has 1 aromatic heterocycles. The first kappa shape index (κ1) is 24.9. The molecule has 2 amide bonds. The number of sulfone groups is 1. The molecular weight excluding hydrogens is 470 g/mol. The second kappa shape index (κ2) is 10.5. The van der Waals surface area contributed by atoms with Crippen LogP contribution in [0.1, 0.15) is 19.8 Å². The molecular formula is C21H27N3O7S2. The van der Waals surface area contributed by atoms with E-state index in [-0.39, 0.29) is 11.3 Å². The summed E-state index contributed by atoms with van der Waals surface area (Å²) in [5, 5.41) is 0. The van der Waals surface area contributed by atoms with Gasteiger partial charge in [0.25, 0.3) is 5.91 Å². The first-order chi connectivity index (χ1) is 15.6. The molecule has 0 bridgehead atoms. The van der Waals surface area contributed by atoms with E-state index in [1.54, 1.807) is 18.2 Å². The Hall–Kier alpha value is -2.73. The Balaban J connectivity index is 1.82. The van der Waals surface area contributed by atoms with Crippen molar-refractivity contribution < 1.29 is 32.3 Å². The number of likely N-dealkylation sites (tertiary alicyclic amines) is 1. The van der Waals surface area contributed by atoms with Crippen LogP contribution in [0.25, 0.3) is 10.2 Å². The number of thiazole rings is 1. The number of carbonyl (C=O) groups excluding carboxylic acids is 3. The van der Waals surface area contributed by atoms with Gasteiger partial charge in [-0.1, -0.05) is 18.3 Å². The summed E-state index contributed by atoms with van der Waals surface area (Å²) in [5.74, 6) is -2.48. The first-order valence-corrected chi connectivity index (χ1v) is 13.1. The Morgan fingerprint density at radius 3 is 2.48 bits per heavy atom. The van der Waals surface area contributed by atoms with Crippen molar-refractivity contribution in [3.8, 4) is 5.75 Å². The number of carbonyl (C=O) groups is 3. The van der Waals surface area contributed by atoms with E-state index in [1.807, 2.05) is 0 Å². The summed E-state index contributed by atoms with van der Waals surface area (Å²) in [6, 6.07) is 5.14. The quantitative estimate of drug-likeness (QED) is 0.522. The van der Waals surface area contributed by atoms with Crippen molar-refractivity contribution in [2.24, 2.45) is 10.9 Å². The number of piperidine rings is 1. The third kappa shape index (κ3) is 6.41. The number of hydrogen-bond donors (Lipinski definition) is 0. The minimum atomic E-state index is -4.00. The van der Waals surface area contributed by atoms with Gasteiger partial charge in [-0.25, -0.2) is 8.42 Å². The minimum absolute atomic E-state index is 0.153. The highest BCUT2D eigenvalue weighted by molar-refractivity contribution is 7.92. The molecule has 0 N–H and O–H groups in total. The average molecular weight is 498 g/mol. The Bertz CT molecular complexity index is 1220. The summed E-state index contributed by atoms with van der Waals surface area (Å²) in [6.07, 6.45) is 1.66. The Labute approximate surface area is 195 Å². The zero-order valence-electron chi connectivity index (χ0n) is 18.8. The Kier molecular flexibility index (Phi) is 7.90. The highest BCUT2D eigenvalue weighted by Gasteiger charge is 2.26. The van der Waals surface area contributed by atoms with Gasteiger partial charge < -0.3 is 18.9 Å². The molecule has 10 nitrogen and oxygen atoms in total. The highest BCUT2D eigenvalue weighted by atomic mass is 32.2. The number of ether oxygens (including phenoxy) is 2. The number of hydrogen-bond acceptors (Lipinski definition) is 8. The van der Waals surface area contributed by atoms with Crippen molar-refractivity contribution in [1.29, 1.82) is 0 Å². The zero-order valence-corrected chi connectivity index (χ0v) is 20.4. The predicted molar refractivity (Wildman–Crippen MR) is 123 cm³/mol. The molecule has 0 atom stereocenters.